The van der Waals surface area contributed by atoms with Crippen LogP contribution in [0.3, 0.4) is 0 Å². The number of benzene rings is 3. The lowest BCUT2D eigenvalue weighted by atomic mass is 9.96. The van der Waals surface area contributed by atoms with Crippen LogP contribution in [0.15, 0.2) is 59.5 Å². The summed E-state index contributed by atoms with van der Waals surface area (Å²) in [5.74, 6) is -0.219. The second-order valence-corrected chi connectivity index (χ2v) is 10.7. The van der Waals surface area contributed by atoms with Gasteiger partial charge in [0, 0.05) is 29.8 Å². The standard InChI is InChI=1S/C24H24ClN3O3S/c1-15-10-19-12-21(6-3-18(19)14-26-15)28-9-8-23(24(28)29)27-32(30,31)22-7-4-16-11-20(25)5-2-17(16)13-22/h2-7,11-13,15,23,26-27H,8-10,14H2,1H3/t15?,23-/m0/s1. The molecule has 1 fully saturated rings. The summed E-state index contributed by atoms with van der Waals surface area (Å²) in [5.41, 5.74) is 3.31. The predicted octanol–water partition coefficient (Wildman–Crippen LogP) is 3.61. The van der Waals surface area contributed by atoms with Gasteiger partial charge >= 0.3 is 0 Å². The first-order valence-corrected chi connectivity index (χ1v) is 12.5. The minimum absolute atomic E-state index is 0.133. The molecule has 0 bridgehead atoms. The molecule has 0 radical (unpaired) electrons. The van der Waals surface area contributed by atoms with Crippen molar-refractivity contribution in [2.75, 3.05) is 11.4 Å². The molecule has 0 saturated carbocycles. The third-order valence-corrected chi connectivity index (χ3v) is 7.96. The number of hydrogen-bond donors (Lipinski definition) is 2. The van der Waals surface area contributed by atoms with E-state index in [2.05, 4.69) is 29.1 Å². The number of anilines is 1. The zero-order valence-electron chi connectivity index (χ0n) is 17.6. The Morgan fingerprint density at radius 2 is 1.81 bits per heavy atom. The van der Waals surface area contributed by atoms with Crippen molar-refractivity contribution < 1.29 is 13.2 Å². The van der Waals surface area contributed by atoms with Gasteiger partial charge in [-0.25, -0.2) is 8.42 Å². The quantitative estimate of drug-likeness (QED) is 0.611. The van der Waals surface area contributed by atoms with Gasteiger partial charge in [0.25, 0.3) is 0 Å². The van der Waals surface area contributed by atoms with Crippen LogP contribution in [0.25, 0.3) is 10.8 Å². The zero-order chi connectivity index (χ0) is 22.5. The van der Waals surface area contributed by atoms with Gasteiger partial charge < -0.3 is 10.2 Å². The number of nitrogens with zero attached hydrogens (tertiary/aromatic N) is 1. The minimum atomic E-state index is -3.84. The summed E-state index contributed by atoms with van der Waals surface area (Å²) in [6.07, 6.45) is 1.34. The Bertz CT molecular complexity index is 1330. The average molecular weight is 470 g/mol. The molecule has 2 heterocycles. The number of sulfonamides is 1. The van der Waals surface area contributed by atoms with E-state index in [1.54, 1.807) is 35.2 Å². The van der Waals surface area contributed by atoms with Crippen molar-refractivity contribution in [2.45, 2.75) is 43.3 Å². The monoisotopic (exact) mass is 469 g/mol. The van der Waals surface area contributed by atoms with E-state index in [1.165, 1.54) is 17.2 Å². The smallest absolute Gasteiger partial charge is 0.245 e. The van der Waals surface area contributed by atoms with Crippen molar-refractivity contribution >= 4 is 44.0 Å². The normalized spacial score (nSPS) is 21.2. The molecule has 0 aromatic heterocycles. The summed E-state index contributed by atoms with van der Waals surface area (Å²) in [7, 11) is -3.84. The van der Waals surface area contributed by atoms with Crippen molar-refractivity contribution in [3.63, 3.8) is 0 Å². The largest absolute Gasteiger partial charge is 0.311 e. The molecule has 2 aliphatic rings. The molecule has 2 aliphatic heterocycles. The lowest BCUT2D eigenvalue weighted by Gasteiger charge is -2.25. The molecule has 0 spiro atoms. The van der Waals surface area contributed by atoms with Gasteiger partial charge in [0.15, 0.2) is 0 Å². The lowest BCUT2D eigenvalue weighted by Crippen LogP contribution is -2.41. The summed E-state index contributed by atoms with van der Waals surface area (Å²) < 4.78 is 28.6. The molecular weight excluding hydrogens is 446 g/mol. The molecule has 2 atom stereocenters. The number of carbonyl (C=O) groups excluding carboxylic acids is 1. The van der Waals surface area contributed by atoms with Gasteiger partial charge in [-0.15, -0.1) is 0 Å². The van der Waals surface area contributed by atoms with E-state index in [0.717, 1.165) is 29.4 Å². The molecule has 8 heteroatoms. The zero-order valence-corrected chi connectivity index (χ0v) is 19.2. The first kappa shape index (κ1) is 21.4. The molecule has 6 nitrogen and oxygen atoms in total. The maximum atomic E-state index is 13.1. The summed E-state index contributed by atoms with van der Waals surface area (Å²) >= 11 is 6.01. The van der Waals surface area contributed by atoms with Crippen molar-refractivity contribution in [3.05, 3.63) is 70.7 Å². The number of rotatable bonds is 4. The van der Waals surface area contributed by atoms with Crippen LogP contribution in [0.4, 0.5) is 5.69 Å². The van der Waals surface area contributed by atoms with E-state index in [-0.39, 0.29) is 10.8 Å². The van der Waals surface area contributed by atoms with Crippen LogP contribution in [0.1, 0.15) is 24.5 Å². The van der Waals surface area contributed by atoms with E-state index >= 15 is 0 Å². The molecule has 5 rings (SSSR count). The highest BCUT2D eigenvalue weighted by Crippen LogP contribution is 2.28. The molecule has 3 aromatic carbocycles. The van der Waals surface area contributed by atoms with Gasteiger partial charge in [-0.3, -0.25) is 4.79 Å². The van der Waals surface area contributed by atoms with Crippen LogP contribution >= 0.6 is 11.6 Å². The van der Waals surface area contributed by atoms with Crippen LogP contribution < -0.4 is 14.9 Å². The Kier molecular flexibility index (Phi) is 5.45. The minimum Gasteiger partial charge on any atom is -0.311 e. The highest BCUT2D eigenvalue weighted by atomic mass is 35.5. The fourth-order valence-electron chi connectivity index (χ4n) is 4.49. The van der Waals surface area contributed by atoms with Crippen molar-refractivity contribution in [2.24, 2.45) is 0 Å². The predicted molar refractivity (Wildman–Crippen MR) is 126 cm³/mol. The third-order valence-electron chi connectivity index (χ3n) is 6.26. The van der Waals surface area contributed by atoms with Crippen LogP contribution in [0, 0.1) is 0 Å². The van der Waals surface area contributed by atoms with Gasteiger partial charge in [0.2, 0.25) is 15.9 Å². The fraction of sp³-hybridized carbons (Fsp3) is 0.292. The SMILES string of the molecule is CC1Cc2cc(N3CC[C@H](NS(=O)(=O)c4ccc5cc(Cl)ccc5c4)C3=O)ccc2CN1. The van der Waals surface area contributed by atoms with Crippen molar-refractivity contribution in [3.8, 4) is 0 Å². The average Bonchev–Trinajstić information content (AvgIpc) is 3.12. The van der Waals surface area contributed by atoms with Crippen molar-refractivity contribution in [1.29, 1.82) is 0 Å². The summed E-state index contributed by atoms with van der Waals surface area (Å²) in [4.78, 5) is 14.9. The summed E-state index contributed by atoms with van der Waals surface area (Å²) in [6.45, 7) is 3.45. The Morgan fingerprint density at radius 3 is 2.66 bits per heavy atom. The second-order valence-electron chi connectivity index (χ2n) is 8.54. The molecule has 3 aromatic rings. The Morgan fingerprint density at radius 1 is 1.03 bits per heavy atom. The van der Waals surface area contributed by atoms with Gasteiger partial charge in [-0.05, 0) is 78.1 Å². The Labute approximate surface area is 192 Å². The van der Waals surface area contributed by atoms with Crippen LogP contribution in [-0.2, 0) is 27.8 Å². The van der Waals surface area contributed by atoms with E-state index in [4.69, 9.17) is 11.6 Å². The molecule has 0 aliphatic carbocycles. The van der Waals surface area contributed by atoms with E-state index < -0.39 is 16.1 Å². The maximum Gasteiger partial charge on any atom is 0.245 e. The first-order chi connectivity index (χ1) is 15.3. The number of halogens is 1. The topological polar surface area (TPSA) is 78.5 Å². The van der Waals surface area contributed by atoms with Crippen LogP contribution in [-0.4, -0.2) is 33.0 Å². The molecule has 2 N–H and O–H groups in total. The molecule has 32 heavy (non-hydrogen) atoms. The van der Waals surface area contributed by atoms with E-state index in [9.17, 15) is 13.2 Å². The highest BCUT2D eigenvalue weighted by molar-refractivity contribution is 7.89. The second kappa shape index (κ2) is 8.15. The van der Waals surface area contributed by atoms with Gasteiger partial charge in [-0.1, -0.05) is 29.8 Å². The molecule has 1 unspecified atom stereocenters. The summed E-state index contributed by atoms with van der Waals surface area (Å²) in [6, 6.07) is 15.8. The Hall–Kier alpha value is -2.45. The number of fused-ring (bicyclic) bond motifs is 2. The van der Waals surface area contributed by atoms with Crippen molar-refractivity contribution in [1.82, 2.24) is 10.0 Å². The first-order valence-electron chi connectivity index (χ1n) is 10.7. The van der Waals surface area contributed by atoms with Gasteiger partial charge in [0.1, 0.15) is 6.04 Å². The van der Waals surface area contributed by atoms with Crippen LogP contribution in [0.2, 0.25) is 5.02 Å². The molecule has 166 valence electrons. The maximum absolute atomic E-state index is 13.1. The summed E-state index contributed by atoms with van der Waals surface area (Å²) in [5, 5.41) is 5.66. The van der Waals surface area contributed by atoms with E-state index in [1.807, 2.05) is 6.07 Å². The van der Waals surface area contributed by atoms with Crippen LogP contribution in [0.5, 0.6) is 0 Å². The lowest BCUT2D eigenvalue weighted by molar-refractivity contribution is -0.118. The Balaban J connectivity index is 1.35. The molecule has 1 amide bonds. The highest BCUT2D eigenvalue weighted by Gasteiger charge is 2.36. The number of amides is 1. The van der Waals surface area contributed by atoms with E-state index in [0.29, 0.717) is 24.0 Å². The number of nitrogens with one attached hydrogen (secondary N) is 2. The fourth-order valence-corrected chi connectivity index (χ4v) is 5.93. The number of hydrogen-bond acceptors (Lipinski definition) is 4. The number of carbonyl (C=O) groups is 1. The molecular formula is C24H24ClN3O3S. The third kappa shape index (κ3) is 4.01. The molecule has 1 saturated heterocycles. The van der Waals surface area contributed by atoms with Gasteiger partial charge in [-0.2, -0.15) is 4.72 Å². The van der Waals surface area contributed by atoms with Gasteiger partial charge in [0.05, 0.1) is 4.90 Å².